The van der Waals surface area contributed by atoms with Crippen LogP contribution in [0.2, 0.25) is 0 Å². The van der Waals surface area contributed by atoms with Crippen molar-refractivity contribution >= 4 is 0 Å². The summed E-state index contributed by atoms with van der Waals surface area (Å²) in [6, 6.07) is 10.5. The van der Waals surface area contributed by atoms with Gasteiger partial charge in [-0.2, -0.15) is 0 Å². The average Bonchev–Trinajstić information content (AvgIpc) is 2.40. The van der Waals surface area contributed by atoms with Crippen molar-refractivity contribution in [3.8, 4) is 11.5 Å². The lowest BCUT2D eigenvalue weighted by Gasteiger charge is -2.13. The van der Waals surface area contributed by atoms with Gasteiger partial charge in [-0.15, -0.1) is 0 Å². The standard InChI is InChI=1S/C18H22FNO/c1-11(2)16-7-6-15(9-12(16)3)21-18-8-5-14(13(4)20)10-17(18)19/h5-11,13H,20H2,1-4H3/t13-/m0/s1. The van der Waals surface area contributed by atoms with Crippen LogP contribution in [0.3, 0.4) is 0 Å². The first-order chi connectivity index (χ1) is 9.88. The van der Waals surface area contributed by atoms with Gasteiger partial charge in [0.25, 0.3) is 0 Å². The summed E-state index contributed by atoms with van der Waals surface area (Å²) in [4.78, 5) is 0. The van der Waals surface area contributed by atoms with Crippen LogP contribution in [0.25, 0.3) is 0 Å². The Morgan fingerprint density at radius 3 is 2.29 bits per heavy atom. The van der Waals surface area contributed by atoms with E-state index in [0.717, 1.165) is 11.1 Å². The van der Waals surface area contributed by atoms with E-state index >= 15 is 0 Å². The van der Waals surface area contributed by atoms with Crippen LogP contribution >= 0.6 is 0 Å². The van der Waals surface area contributed by atoms with Crippen LogP contribution in [0.15, 0.2) is 36.4 Å². The largest absolute Gasteiger partial charge is 0.454 e. The van der Waals surface area contributed by atoms with Crippen LogP contribution in [0, 0.1) is 12.7 Å². The van der Waals surface area contributed by atoms with Gasteiger partial charge in [0.2, 0.25) is 0 Å². The van der Waals surface area contributed by atoms with Gasteiger partial charge in [-0.1, -0.05) is 26.0 Å². The maximum absolute atomic E-state index is 14.0. The van der Waals surface area contributed by atoms with E-state index in [-0.39, 0.29) is 11.8 Å². The molecule has 0 radical (unpaired) electrons. The minimum Gasteiger partial charge on any atom is -0.454 e. The van der Waals surface area contributed by atoms with E-state index in [9.17, 15) is 4.39 Å². The Bertz CT molecular complexity index is 635. The van der Waals surface area contributed by atoms with Crippen LogP contribution in [-0.4, -0.2) is 0 Å². The second-order valence-corrected chi connectivity index (χ2v) is 5.75. The summed E-state index contributed by atoms with van der Waals surface area (Å²) in [6.07, 6.45) is 0. The predicted molar refractivity (Wildman–Crippen MR) is 84.3 cm³/mol. The maximum atomic E-state index is 14.0. The van der Waals surface area contributed by atoms with Crippen molar-refractivity contribution in [2.45, 2.75) is 39.7 Å². The second kappa shape index (κ2) is 6.27. The monoisotopic (exact) mass is 287 g/mol. The summed E-state index contributed by atoms with van der Waals surface area (Å²) in [6.45, 7) is 8.16. The zero-order valence-corrected chi connectivity index (χ0v) is 13.0. The molecule has 2 aromatic carbocycles. The molecule has 0 spiro atoms. The molecule has 0 heterocycles. The zero-order valence-electron chi connectivity index (χ0n) is 13.0. The Labute approximate surface area is 125 Å². The molecule has 2 rings (SSSR count). The zero-order chi connectivity index (χ0) is 15.6. The first kappa shape index (κ1) is 15.5. The highest BCUT2D eigenvalue weighted by molar-refractivity contribution is 5.40. The van der Waals surface area contributed by atoms with E-state index in [1.165, 1.54) is 11.6 Å². The highest BCUT2D eigenvalue weighted by Crippen LogP contribution is 2.29. The first-order valence-corrected chi connectivity index (χ1v) is 7.22. The summed E-state index contributed by atoms with van der Waals surface area (Å²) in [5.41, 5.74) is 8.92. The molecule has 0 unspecified atom stereocenters. The molecule has 3 heteroatoms. The molecule has 2 nitrogen and oxygen atoms in total. The summed E-state index contributed by atoms with van der Waals surface area (Å²) < 4.78 is 19.7. The van der Waals surface area contributed by atoms with Crippen LogP contribution < -0.4 is 10.5 Å². The molecule has 0 fully saturated rings. The second-order valence-electron chi connectivity index (χ2n) is 5.75. The molecule has 0 aliphatic heterocycles. The molecular weight excluding hydrogens is 265 g/mol. The van der Waals surface area contributed by atoms with Gasteiger partial charge in [-0.25, -0.2) is 4.39 Å². The maximum Gasteiger partial charge on any atom is 0.166 e. The van der Waals surface area contributed by atoms with Gasteiger partial charge in [0.15, 0.2) is 11.6 Å². The Morgan fingerprint density at radius 2 is 1.76 bits per heavy atom. The highest BCUT2D eigenvalue weighted by Gasteiger charge is 2.10. The Kier molecular flexibility index (Phi) is 4.63. The third-order valence-electron chi connectivity index (χ3n) is 3.57. The van der Waals surface area contributed by atoms with E-state index in [1.807, 2.05) is 32.0 Å². The Morgan fingerprint density at radius 1 is 1.05 bits per heavy atom. The number of benzene rings is 2. The molecule has 0 saturated heterocycles. The smallest absolute Gasteiger partial charge is 0.166 e. The lowest BCUT2D eigenvalue weighted by atomic mass is 9.98. The van der Waals surface area contributed by atoms with Crippen molar-refractivity contribution in [1.82, 2.24) is 0 Å². The Balaban J connectivity index is 2.24. The number of aryl methyl sites for hydroxylation is 1. The fourth-order valence-corrected chi connectivity index (χ4v) is 2.37. The molecule has 0 saturated carbocycles. The van der Waals surface area contributed by atoms with E-state index < -0.39 is 5.82 Å². The number of hydrogen-bond donors (Lipinski definition) is 1. The van der Waals surface area contributed by atoms with Gasteiger partial charge in [-0.05, 0) is 60.7 Å². The lowest BCUT2D eigenvalue weighted by Crippen LogP contribution is -2.05. The topological polar surface area (TPSA) is 35.2 Å². The fraction of sp³-hybridized carbons (Fsp3) is 0.333. The normalized spacial score (nSPS) is 12.5. The molecular formula is C18H22FNO. The van der Waals surface area contributed by atoms with Crippen LogP contribution in [-0.2, 0) is 0 Å². The molecule has 0 amide bonds. The van der Waals surface area contributed by atoms with Crippen molar-refractivity contribution < 1.29 is 9.13 Å². The van der Waals surface area contributed by atoms with E-state index in [4.69, 9.17) is 10.5 Å². The van der Waals surface area contributed by atoms with Crippen LogP contribution in [0.4, 0.5) is 4.39 Å². The van der Waals surface area contributed by atoms with E-state index in [2.05, 4.69) is 13.8 Å². The van der Waals surface area contributed by atoms with Crippen molar-refractivity contribution in [1.29, 1.82) is 0 Å². The predicted octanol–water partition coefficient (Wildman–Crippen LogP) is 5.07. The van der Waals surface area contributed by atoms with Crippen molar-refractivity contribution in [2.75, 3.05) is 0 Å². The summed E-state index contributed by atoms with van der Waals surface area (Å²) >= 11 is 0. The van der Waals surface area contributed by atoms with Gasteiger partial charge >= 0.3 is 0 Å². The van der Waals surface area contributed by atoms with Gasteiger partial charge in [0.1, 0.15) is 5.75 Å². The summed E-state index contributed by atoms with van der Waals surface area (Å²) in [5.74, 6) is 0.928. The third-order valence-corrected chi connectivity index (χ3v) is 3.57. The molecule has 21 heavy (non-hydrogen) atoms. The molecule has 1 atom stereocenters. The number of hydrogen-bond acceptors (Lipinski definition) is 2. The number of nitrogens with two attached hydrogens (primary N) is 1. The third kappa shape index (κ3) is 3.61. The first-order valence-electron chi connectivity index (χ1n) is 7.22. The molecule has 2 aromatic rings. The molecule has 112 valence electrons. The van der Waals surface area contributed by atoms with Crippen LogP contribution in [0.1, 0.15) is 49.4 Å². The van der Waals surface area contributed by atoms with Crippen molar-refractivity contribution in [2.24, 2.45) is 5.73 Å². The molecule has 2 N–H and O–H groups in total. The van der Waals surface area contributed by atoms with Crippen molar-refractivity contribution in [3.05, 3.63) is 58.9 Å². The van der Waals surface area contributed by atoms with Crippen molar-refractivity contribution in [3.63, 3.8) is 0 Å². The molecule has 0 bridgehead atoms. The summed E-state index contributed by atoms with van der Waals surface area (Å²) in [5, 5.41) is 0. The molecule has 0 aliphatic carbocycles. The minimum absolute atomic E-state index is 0.193. The lowest BCUT2D eigenvalue weighted by molar-refractivity contribution is 0.440. The molecule has 0 aromatic heterocycles. The van der Waals surface area contributed by atoms with Gasteiger partial charge in [-0.3, -0.25) is 0 Å². The fourth-order valence-electron chi connectivity index (χ4n) is 2.37. The Hall–Kier alpha value is -1.87. The van der Waals surface area contributed by atoms with E-state index in [0.29, 0.717) is 11.7 Å². The molecule has 0 aliphatic rings. The quantitative estimate of drug-likeness (QED) is 0.852. The van der Waals surface area contributed by atoms with Gasteiger partial charge in [0, 0.05) is 6.04 Å². The van der Waals surface area contributed by atoms with Gasteiger partial charge < -0.3 is 10.5 Å². The number of ether oxygens (including phenoxy) is 1. The van der Waals surface area contributed by atoms with Gasteiger partial charge in [0.05, 0.1) is 0 Å². The highest BCUT2D eigenvalue weighted by atomic mass is 19.1. The number of rotatable bonds is 4. The summed E-state index contributed by atoms with van der Waals surface area (Å²) in [7, 11) is 0. The average molecular weight is 287 g/mol. The minimum atomic E-state index is -0.393. The van der Waals surface area contributed by atoms with E-state index in [1.54, 1.807) is 12.1 Å². The number of halogens is 1. The SMILES string of the molecule is Cc1cc(Oc2ccc([C@H](C)N)cc2F)ccc1C(C)C. The van der Waals surface area contributed by atoms with Crippen LogP contribution in [0.5, 0.6) is 11.5 Å².